The Balaban J connectivity index is 1.84. The molecule has 0 fully saturated rings. The number of hydrogen-bond donors (Lipinski definition) is 0. The smallest absolute Gasteiger partial charge is 0.119 e. The van der Waals surface area contributed by atoms with Gasteiger partial charge in [0.2, 0.25) is 0 Å². The third-order valence-electron chi connectivity index (χ3n) is 8.68. The van der Waals surface area contributed by atoms with Gasteiger partial charge in [0.05, 0.1) is 18.6 Å². The molecule has 5 rings (SSSR count). The van der Waals surface area contributed by atoms with Gasteiger partial charge in [0, 0.05) is 0 Å². The molecule has 0 bridgehead atoms. The minimum atomic E-state index is -0.483. The van der Waals surface area contributed by atoms with Crippen LogP contribution in [-0.4, -0.2) is 13.2 Å². The van der Waals surface area contributed by atoms with Gasteiger partial charge in [0.15, 0.2) is 0 Å². The van der Waals surface area contributed by atoms with Crippen LogP contribution >= 0.6 is 0 Å². The van der Waals surface area contributed by atoms with E-state index in [1.54, 1.807) is 0 Å². The van der Waals surface area contributed by atoms with Crippen LogP contribution in [0.25, 0.3) is 11.1 Å². The number of fused-ring (bicyclic) bond motifs is 3. The molecule has 0 saturated heterocycles. The van der Waals surface area contributed by atoms with Gasteiger partial charge in [0.25, 0.3) is 0 Å². The first-order valence-corrected chi connectivity index (χ1v) is 16.2. The quantitative estimate of drug-likeness (QED) is 0.133. The van der Waals surface area contributed by atoms with E-state index in [4.69, 9.17) is 9.47 Å². The minimum Gasteiger partial charge on any atom is -0.494 e. The lowest BCUT2D eigenvalue weighted by atomic mass is 9.66. The van der Waals surface area contributed by atoms with Crippen molar-refractivity contribution in [3.8, 4) is 22.6 Å². The summed E-state index contributed by atoms with van der Waals surface area (Å²) in [4.78, 5) is 0. The van der Waals surface area contributed by atoms with Crippen LogP contribution < -0.4 is 9.47 Å². The van der Waals surface area contributed by atoms with Crippen LogP contribution in [-0.2, 0) is 11.8 Å². The lowest BCUT2D eigenvalue weighted by Gasteiger charge is -2.35. The highest BCUT2D eigenvalue weighted by atomic mass is 16.5. The second-order valence-electron chi connectivity index (χ2n) is 12.3. The fourth-order valence-electron chi connectivity index (χ4n) is 6.54. The molecule has 0 amide bonds. The lowest BCUT2D eigenvalue weighted by molar-refractivity contribution is 0.308. The largest absolute Gasteiger partial charge is 0.494 e. The number of benzene rings is 4. The summed E-state index contributed by atoms with van der Waals surface area (Å²) in [5, 5.41) is 0. The van der Waals surface area contributed by atoms with E-state index < -0.39 is 5.41 Å². The van der Waals surface area contributed by atoms with Gasteiger partial charge in [-0.2, -0.15) is 0 Å². The number of hydrogen-bond acceptors (Lipinski definition) is 2. The van der Waals surface area contributed by atoms with Crippen molar-refractivity contribution in [3.63, 3.8) is 0 Å². The number of unbranched alkanes of at least 4 members (excludes halogenated alkanes) is 3. The van der Waals surface area contributed by atoms with E-state index in [0.717, 1.165) is 63.2 Å². The molecule has 2 nitrogen and oxygen atoms in total. The maximum Gasteiger partial charge on any atom is 0.119 e. The minimum absolute atomic E-state index is 0.483. The van der Waals surface area contributed by atoms with Gasteiger partial charge in [0.1, 0.15) is 11.5 Å². The molecule has 0 N–H and O–H groups in total. The first-order chi connectivity index (χ1) is 20.4. The van der Waals surface area contributed by atoms with Crippen molar-refractivity contribution in [2.45, 2.75) is 91.9 Å². The first-order valence-electron chi connectivity index (χ1n) is 16.2. The molecular weight excluding hydrogens is 512 g/mol. The van der Waals surface area contributed by atoms with Gasteiger partial charge >= 0.3 is 0 Å². The van der Waals surface area contributed by atoms with Gasteiger partial charge in [-0.1, -0.05) is 99.7 Å². The van der Waals surface area contributed by atoms with Gasteiger partial charge in [-0.05, 0) is 115 Å². The molecule has 4 aromatic carbocycles. The molecule has 0 saturated carbocycles. The topological polar surface area (TPSA) is 18.5 Å². The average molecular weight is 561 g/mol. The van der Waals surface area contributed by atoms with E-state index in [1.165, 1.54) is 62.1 Å². The summed E-state index contributed by atoms with van der Waals surface area (Å²) in [5.41, 5.74) is 12.5. The van der Waals surface area contributed by atoms with E-state index in [-0.39, 0.29) is 0 Å². The zero-order chi connectivity index (χ0) is 29.7. The average Bonchev–Trinajstić information content (AvgIpc) is 3.25. The van der Waals surface area contributed by atoms with Gasteiger partial charge in [-0.15, -0.1) is 0 Å². The van der Waals surface area contributed by atoms with Crippen molar-refractivity contribution in [1.29, 1.82) is 0 Å². The van der Waals surface area contributed by atoms with Crippen LogP contribution in [0.1, 0.15) is 104 Å². The molecule has 4 aromatic rings. The molecule has 220 valence electrons. The molecular formula is C40H48O2. The van der Waals surface area contributed by atoms with Crippen molar-refractivity contribution < 1.29 is 9.47 Å². The van der Waals surface area contributed by atoms with Crippen LogP contribution in [0, 0.1) is 20.8 Å². The summed E-state index contributed by atoms with van der Waals surface area (Å²) in [6.07, 6.45) is 7.72. The second-order valence-corrected chi connectivity index (χ2v) is 12.3. The summed E-state index contributed by atoms with van der Waals surface area (Å²) >= 11 is 0. The fourth-order valence-corrected chi connectivity index (χ4v) is 6.54. The van der Waals surface area contributed by atoms with Gasteiger partial charge in [-0.3, -0.25) is 0 Å². The predicted octanol–water partition coefficient (Wildman–Crippen LogP) is 10.7. The Morgan fingerprint density at radius 1 is 0.524 bits per heavy atom. The van der Waals surface area contributed by atoms with E-state index in [9.17, 15) is 0 Å². The molecule has 2 heteroatoms. The zero-order valence-electron chi connectivity index (χ0n) is 26.6. The van der Waals surface area contributed by atoms with E-state index >= 15 is 0 Å². The Morgan fingerprint density at radius 3 is 1.60 bits per heavy atom. The van der Waals surface area contributed by atoms with Crippen LogP contribution in [0.5, 0.6) is 11.5 Å². The van der Waals surface area contributed by atoms with Gasteiger partial charge < -0.3 is 9.47 Å². The summed E-state index contributed by atoms with van der Waals surface area (Å²) in [6.45, 7) is 14.8. The van der Waals surface area contributed by atoms with Crippen molar-refractivity contribution in [2.24, 2.45) is 0 Å². The number of aryl methyl sites for hydroxylation is 4. The molecule has 0 atom stereocenters. The van der Waals surface area contributed by atoms with E-state index in [0.29, 0.717) is 0 Å². The Bertz CT molecular complexity index is 1480. The Morgan fingerprint density at radius 2 is 1.05 bits per heavy atom. The molecule has 0 aromatic heterocycles. The Hall–Kier alpha value is -3.52. The zero-order valence-corrected chi connectivity index (χ0v) is 26.6. The molecule has 0 radical (unpaired) electrons. The van der Waals surface area contributed by atoms with Gasteiger partial charge in [-0.25, -0.2) is 0 Å². The van der Waals surface area contributed by atoms with Crippen LogP contribution in [0.3, 0.4) is 0 Å². The van der Waals surface area contributed by atoms with Crippen molar-refractivity contribution >= 4 is 0 Å². The summed E-state index contributed by atoms with van der Waals surface area (Å²) < 4.78 is 12.8. The standard InChI is InChI=1S/C40H48O2/c1-7-10-13-31-24-33(27-35(25-31)42-19-12-9-3)40(32-20-30(6)21-34(26-32)41-18-11-8-2)38-22-28(4)14-16-36(38)37-17-15-29(5)23-39(37)40/h14-17,20-27H,7-13,18-19H2,1-6H3. The summed E-state index contributed by atoms with van der Waals surface area (Å²) in [5.74, 6) is 1.93. The van der Waals surface area contributed by atoms with Crippen molar-refractivity contribution in [1.82, 2.24) is 0 Å². The highest BCUT2D eigenvalue weighted by Gasteiger charge is 2.47. The molecule has 0 heterocycles. The van der Waals surface area contributed by atoms with E-state index in [1.807, 2.05) is 0 Å². The van der Waals surface area contributed by atoms with Crippen molar-refractivity contribution in [3.05, 3.63) is 117 Å². The lowest BCUT2D eigenvalue weighted by Crippen LogP contribution is -2.29. The van der Waals surface area contributed by atoms with Crippen LogP contribution in [0.15, 0.2) is 72.8 Å². The monoisotopic (exact) mass is 560 g/mol. The van der Waals surface area contributed by atoms with Crippen LogP contribution in [0.2, 0.25) is 0 Å². The highest BCUT2D eigenvalue weighted by molar-refractivity contribution is 5.87. The first kappa shape index (κ1) is 30.0. The van der Waals surface area contributed by atoms with Crippen LogP contribution in [0.4, 0.5) is 0 Å². The molecule has 0 spiro atoms. The molecule has 0 unspecified atom stereocenters. The summed E-state index contributed by atoms with van der Waals surface area (Å²) in [6, 6.07) is 27.9. The molecule has 1 aliphatic rings. The Kier molecular flexibility index (Phi) is 9.41. The van der Waals surface area contributed by atoms with E-state index in [2.05, 4.69) is 114 Å². The number of rotatable bonds is 13. The molecule has 42 heavy (non-hydrogen) atoms. The third kappa shape index (κ3) is 5.87. The molecule has 0 aliphatic heterocycles. The Labute approximate surface area is 254 Å². The maximum absolute atomic E-state index is 6.46. The van der Waals surface area contributed by atoms with Crippen molar-refractivity contribution in [2.75, 3.05) is 13.2 Å². The second kappa shape index (κ2) is 13.2. The normalized spacial score (nSPS) is 13.1. The maximum atomic E-state index is 6.46. The highest BCUT2D eigenvalue weighted by Crippen LogP contribution is 2.57. The number of ether oxygens (including phenoxy) is 2. The fraction of sp³-hybridized carbons (Fsp3) is 0.400. The SMILES string of the molecule is CCCCOc1cc(C)cc(C2(c3cc(CCCC)cc(OCCCC)c3)c3cc(C)ccc3-c3ccc(C)cc32)c1. The predicted molar refractivity (Wildman–Crippen MR) is 177 cm³/mol. The summed E-state index contributed by atoms with van der Waals surface area (Å²) in [7, 11) is 0. The molecule has 1 aliphatic carbocycles. The third-order valence-corrected chi connectivity index (χ3v) is 8.68.